The van der Waals surface area contributed by atoms with Gasteiger partial charge in [-0.15, -0.1) is 0 Å². The molecule has 0 saturated carbocycles. The number of fused-ring (bicyclic) bond motifs is 1. The van der Waals surface area contributed by atoms with Gasteiger partial charge in [-0.3, -0.25) is 9.55 Å². The number of imidazole rings is 1. The summed E-state index contributed by atoms with van der Waals surface area (Å²) in [5.74, 6) is 0.865. The van der Waals surface area contributed by atoms with E-state index in [0.717, 1.165) is 61.4 Å². The van der Waals surface area contributed by atoms with Crippen molar-refractivity contribution in [2.75, 3.05) is 0 Å². The van der Waals surface area contributed by atoms with Crippen LogP contribution in [0.1, 0.15) is 52.7 Å². The minimum atomic E-state index is -0.134. The standard InChI is InChI=1S/C56H49N3O/c1-55(2,3)45-32-43(30-44(33-45)50-35-41(28-29-57-50)40-26-24-39(25-27-40)37-16-9-7-10-17-37)48-21-15-22-51-53(48)58-54(49-20-13-14-23-52(49)60)59(51)47-34-42(38-18-11-8-12-19-38)31-46(36-47)56(4,5)6/h7-36,60H,1-6H3. The summed E-state index contributed by atoms with van der Waals surface area (Å²) in [7, 11) is 0. The first-order chi connectivity index (χ1) is 28.9. The quantitative estimate of drug-likeness (QED) is 0.175. The number of nitrogens with zero attached hydrogens (tertiary/aromatic N) is 3. The Hall–Kier alpha value is -7.04. The fourth-order valence-corrected chi connectivity index (χ4v) is 8.03. The van der Waals surface area contributed by atoms with Crippen LogP contribution in [-0.2, 0) is 10.8 Å². The van der Waals surface area contributed by atoms with Crippen LogP contribution in [0.4, 0.5) is 0 Å². The molecular formula is C56H49N3O. The van der Waals surface area contributed by atoms with Crippen molar-refractivity contribution in [3.63, 3.8) is 0 Å². The minimum Gasteiger partial charge on any atom is -0.507 e. The first-order valence-corrected chi connectivity index (χ1v) is 20.7. The molecule has 2 heterocycles. The van der Waals surface area contributed by atoms with Gasteiger partial charge >= 0.3 is 0 Å². The van der Waals surface area contributed by atoms with Crippen LogP contribution in [0.5, 0.6) is 5.75 Å². The van der Waals surface area contributed by atoms with Crippen LogP contribution in [0.3, 0.4) is 0 Å². The van der Waals surface area contributed by atoms with E-state index in [0.29, 0.717) is 11.4 Å². The molecule has 0 fully saturated rings. The van der Waals surface area contributed by atoms with Crippen LogP contribution in [0.25, 0.3) is 83.9 Å². The molecule has 0 aliphatic rings. The van der Waals surface area contributed by atoms with Crippen molar-refractivity contribution in [1.82, 2.24) is 14.5 Å². The van der Waals surface area contributed by atoms with Crippen LogP contribution in [0, 0.1) is 0 Å². The molecule has 2 aromatic heterocycles. The number of aromatic nitrogens is 3. The van der Waals surface area contributed by atoms with E-state index in [1.807, 2.05) is 30.5 Å². The Labute approximate surface area is 353 Å². The molecule has 60 heavy (non-hydrogen) atoms. The van der Waals surface area contributed by atoms with E-state index >= 15 is 0 Å². The van der Waals surface area contributed by atoms with Crippen molar-refractivity contribution in [3.05, 3.63) is 193 Å². The summed E-state index contributed by atoms with van der Waals surface area (Å²) in [6.07, 6.45) is 1.91. The van der Waals surface area contributed by atoms with Crippen molar-refractivity contribution in [1.29, 1.82) is 0 Å². The maximum atomic E-state index is 11.4. The fourth-order valence-electron chi connectivity index (χ4n) is 8.03. The number of aromatic hydroxyl groups is 1. The summed E-state index contributed by atoms with van der Waals surface area (Å²) in [6.45, 7) is 13.5. The number of para-hydroxylation sites is 2. The Balaban J connectivity index is 1.22. The van der Waals surface area contributed by atoms with Gasteiger partial charge < -0.3 is 5.11 Å². The number of pyridine rings is 1. The molecule has 4 heteroatoms. The van der Waals surface area contributed by atoms with Gasteiger partial charge in [0, 0.05) is 23.0 Å². The van der Waals surface area contributed by atoms with Crippen molar-refractivity contribution < 1.29 is 5.11 Å². The highest BCUT2D eigenvalue weighted by molar-refractivity contribution is 5.97. The third-order valence-corrected chi connectivity index (χ3v) is 11.5. The Morgan fingerprint density at radius 3 is 1.65 bits per heavy atom. The van der Waals surface area contributed by atoms with Gasteiger partial charge in [-0.2, -0.15) is 0 Å². The number of phenols is 1. The highest BCUT2D eigenvalue weighted by Crippen LogP contribution is 2.41. The molecule has 0 spiro atoms. The zero-order valence-electron chi connectivity index (χ0n) is 35.1. The van der Waals surface area contributed by atoms with Crippen molar-refractivity contribution >= 4 is 11.0 Å². The second kappa shape index (κ2) is 15.3. The first kappa shape index (κ1) is 38.5. The van der Waals surface area contributed by atoms with E-state index in [1.165, 1.54) is 22.3 Å². The predicted octanol–water partition coefficient (Wildman–Crippen LogP) is 14.7. The van der Waals surface area contributed by atoms with Crippen LogP contribution >= 0.6 is 0 Å². The third kappa shape index (κ3) is 7.53. The summed E-state index contributed by atoms with van der Waals surface area (Å²) >= 11 is 0. The lowest BCUT2D eigenvalue weighted by atomic mass is 9.83. The van der Waals surface area contributed by atoms with Crippen molar-refractivity contribution in [3.8, 4) is 78.6 Å². The maximum Gasteiger partial charge on any atom is 0.149 e. The predicted molar refractivity (Wildman–Crippen MR) is 251 cm³/mol. The molecule has 0 radical (unpaired) electrons. The summed E-state index contributed by atoms with van der Waals surface area (Å²) in [5, 5.41) is 11.4. The van der Waals surface area contributed by atoms with Gasteiger partial charge in [-0.1, -0.05) is 163 Å². The van der Waals surface area contributed by atoms with E-state index in [9.17, 15) is 5.11 Å². The average molecular weight is 780 g/mol. The largest absolute Gasteiger partial charge is 0.507 e. The Morgan fingerprint density at radius 1 is 0.433 bits per heavy atom. The molecule has 4 nitrogen and oxygen atoms in total. The van der Waals surface area contributed by atoms with E-state index in [-0.39, 0.29) is 16.6 Å². The number of phenolic OH excluding ortho intramolecular Hbond substituents is 1. The SMILES string of the molecule is CC(C)(C)c1cc(-c2cc(-c3ccc(-c4ccccc4)cc3)ccn2)cc(-c2cccc3c2nc(-c2ccccc2O)n3-c2cc(-c3ccccc3)cc(C(C)(C)C)c2)c1. The highest BCUT2D eigenvalue weighted by atomic mass is 16.3. The Bertz CT molecular complexity index is 2980. The first-order valence-electron chi connectivity index (χ1n) is 20.7. The monoisotopic (exact) mass is 779 g/mol. The van der Waals surface area contributed by atoms with Crippen LogP contribution in [0.2, 0.25) is 0 Å². The Morgan fingerprint density at radius 2 is 0.983 bits per heavy atom. The van der Waals surface area contributed by atoms with Gasteiger partial charge in [0.1, 0.15) is 11.6 Å². The summed E-state index contributed by atoms with van der Waals surface area (Å²) in [4.78, 5) is 10.4. The van der Waals surface area contributed by atoms with Crippen molar-refractivity contribution in [2.24, 2.45) is 0 Å². The van der Waals surface area contributed by atoms with Crippen LogP contribution in [0.15, 0.2) is 182 Å². The molecular weight excluding hydrogens is 731 g/mol. The van der Waals surface area contributed by atoms with Gasteiger partial charge in [0.05, 0.1) is 22.3 Å². The van der Waals surface area contributed by atoms with Gasteiger partial charge in [-0.05, 0) is 115 Å². The lowest BCUT2D eigenvalue weighted by Gasteiger charge is -2.23. The lowest BCUT2D eigenvalue weighted by Crippen LogP contribution is -2.12. The number of hydrogen-bond acceptors (Lipinski definition) is 3. The van der Waals surface area contributed by atoms with Crippen LogP contribution in [-0.4, -0.2) is 19.6 Å². The van der Waals surface area contributed by atoms with E-state index in [2.05, 4.69) is 192 Å². The number of benzene rings is 7. The molecule has 0 aliphatic carbocycles. The molecule has 0 aliphatic heterocycles. The van der Waals surface area contributed by atoms with Gasteiger partial charge in [0.25, 0.3) is 0 Å². The highest BCUT2D eigenvalue weighted by Gasteiger charge is 2.24. The molecule has 9 aromatic rings. The summed E-state index contributed by atoms with van der Waals surface area (Å²) < 4.78 is 2.22. The van der Waals surface area contributed by atoms with E-state index in [4.69, 9.17) is 9.97 Å². The molecule has 0 unspecified atom stereocenters. The molecule has 294 valence electrons. The number of hydrogen-bond donors (Lipinski definition) is 1. The smallest absolute Gasteiger partial charge is 0.149 e. The van der Waals surface area contributed by atoms with Gasteiger partial charge in [-0.25, -0.2) is 4.98 Å². The van der Waals surface area contributed by atoms with E-state index in [1.54, 1.807) is 6.07 Å². The molecule has 7 aromatic carbocycles. The third-order valence-electron chi connectivity index (χ3n) is 11.5. The summed E-state index contributed by atoms with van der Waals surface area (Å²) in [6, 6.07) is 61.6. The maximum absolute atomic E-state index is 11.4. The zero-order valence-corrected chi connectivity index (χ0v) is 35.1. The molecule has 0 amide bonds. The number of rotatable bonds is 7. The normalized spacial score (nSPS) is 11.9. The van der Waals surface area contributed by atoms with E-state index < -0.39 is 0 Å². The van der Waals surface area contributed by atoms with Crippen LogP contribution < -0.4 is 0 Å². The molecule has 1 N–H and O–H groups in total. The molecule has 0 atom stereocenters. The second-order valence-corrected chi connectivity index (χ2v) is 17.8. The Kier molecular flexibility index (Phi) is 9.80. The minimum absolute atomic E-state index is 0.114. The second-order valence-electron chi connectivity index (χ2n) is 17.8. The average Bonchev–Trinajstić information content (AvgIpc) is 3.66. The molecule has 0 saturated heterocycles. The fraction of sp³-hybridized carbons (Fsp3) is 0.143. The molecule has 0 bridgehead atoms. The van der Waals surface area contributed by atoms with Crippen molar-refractivity contribution in [2.45, 2.75) is 52.4 Å². The summed E-state index contributed by atoms with van der Waals surface area (Å²) in [5.41, 5.74) is 16.6. The lowest BCUT2D eigenvalue weighted by molar-refractivity contribution is 0.477. The molecule has 9 rings (SSSR count). The zero-order chi connectivity index (χ0) is 41.6. The van der Waals surface area contributed by atoms with Gasteiger partial charge in [0.15, 0.2) is 0 Å². The topological polar surface area (TPSA) is 50.9 Å². The van der Waals surface area contributed by atoms with Gasteiger partial charge in [0.2, 0.25) is 0 Å².